The monoisotopic (exact) mass is 153 g/mol. The maximum Gasteiger partial charge on any atom is 0.0892 e. The molecule has 0 aliphatic carbocycles. The quantitative estimate of drug-likeness (QED) is 0.425. The molecule has 0 amide bonds. The van der Waals surface area contributed by atoms with Crippen LogP contribution in [0.1, 0.15) is 20.3 Å². The molecule has 0 aliphatic heterocycles. The highest BCUT2D eigenvalue weighted by Gasteiger charge is 1.78. The third kappa shape index (κ3) is 9.05. The molecule has 62 valence electrons. The van der Waals surface area contributed by atoms with E-state index in [0.29, 0.717) is 0 Å². The third-order valence-corrected chi connectivity index (χ3v) is 1.04. The van der Waals surface area contributed by atoms with E-state index in [-0.39, 0.29) is 0 Å². The lowest BCUT2D eigenvalue weighted by molar-refractivity contribution is 0.850. The Labute approximate surface area is 68.0 Å². The molecule has 3 nitrogen and oxygen atoms in total. The molecule has 0 saturated heterocycles. The molecule has 0 heterocycles. The van der Waals surface area contributed by atoms with Crippen LogP contribution in [0.15, 0.2) is 15.0 Å². The van der Waals surface area contributed by atoms with E-state index in [1.54, 1.807) is 0 Å². The van der Waals surface area contributed by atoms with E-state index in [0.717, 1.165) is 26.1 Å². The maximum atomic E-state index is 4.05. The largest absolute Gasteiger partial charge is 0.298 e. The minimum Gasteiger partial charge on any atom is -0.298 e. The van der Waals surface area contributed by atoms with Gasteiger partial charge in [-0.1, -0.05) is 0 Å². The molecular formula is C8H15N3. The van der Waals surface area contributed by atoms with E-state index in [2.05, 4.69) is 21.0 Å². The fourth-order valence-corrected chi connectivity index (χ4v) is 0.541. The van der Waals surface area contributed by atoms with Gasteiger partial charge in [0.05, 0.1) is 12.6 Å². The van der Waals surface area contributed by atoms with Gasteiger partial charge in [-0.25, -0.2) is 9.98 Å². The first-order chi connectivity index (χ1) is 5.41. The summed E-state index contributed by atoms with van der Waals surface area (Å²) in [6, 6.07) is 2.61. The van der Waals surface area contributed by atoms with E-state index in [1.807, 2.05) is 20.1 Å². The summed E-state index contributed by atoms with van der Waals surface area (Å²) >= 11 is 0. The second-order valence-electron chi connectivity index (χ2n) is 1.97. The number of nitrogens with zero attached hydrogens (tertiary/aromatic N) is 3. The molecule has 0 spiro atoms. The van der Waals surface area contributed by atoms with E-state index in [4.69, 9.17) is 0 Å². The summed E-state index contributed by atoms with van der Waals surface area (Å²) in [6.45, 7) is 6.27. The van der Waals surface area contributed by atoms with Crippen molar-refractivity contribution in [1.82, 2.24) is 0 Å². The standard InChI is InChI=1S/C8H15N3/c1-3-9-6-5-7-11-8-10-4-2/h3H,4-7H2,1-2H3. The van der Waals surface area contributed by atoms with Crippen molar-refractivity contribution in [2.45, 2.75) is 20.3 Å². The summed E-state index contributed by atoms with van der Waals surface area (Å²) in [5.41, 5.74) is 0. The van der Waals surface area contributed by atoms with Crippen molar-refractivity contribution in [1.29, 1.82) is 0 Å². The molecule has 0 rings (SSSR count). The molecule has 3 heteroatoms. The van der Waals surface area contributed by atoms with Gasteiger partial charge in [-0.3, -0.25) is 4.99 Å². The summed E-state index contributed by atoms with van der Waals surface area (Å²) in [5.74, 6) is 0. The van der Waals surface area contributed by atoms with Crippen LogP contribution in [0.5, 0.6) is 0 Å². The molecule has 0 aromatic heterocycles. The molecule has 11 heavy (non-hydrogen) atoms. The van der Waals surface area contributed by atoms with Gasteiger partial charge in [-0.15, -0.1) is 0 Å². The van der Waals surface area contributed by atoms with E-state index >= 15 is 0 Å². The first kappa shape index (κ1) is 10.0. The molecule has 0 saturated carbocycles. The molecule has 0 radical (unpaired) electrons. The van der Waals surface area contributed by atoms with Gasteiger partial charge in [0.1, 0.15) is 0 Å². The van der Waals surface area contributed by atoms with Gasteiger partial charge in [-0.05, 0) is 26.5 Å². The highest BCUT2D eigenvalue weighted by Crippen LogP contribution is 1.80. The van der Waals surface area contributed by atoms with Crippen LogP contribution < -0.4 is 0 Å². The van der Waals surface area contributed by atoms with Crippen LogP contribution in [0, 0.1) is 0 Å². The van der Waals surface area contributed by atoms with Gasteiger partial charge in [0.2, 0.25) is 0 Å². The van der Waals surface area contributed by atoms with Crippen LogP contribution in [0.4, 0.5) is 0 Å². The van der Waals surface area contributed by atoms with Gasteiger partial charge >= 0.3 is 0 Å². The highest BCUT2D eigenvalue weighted by molar-refractivity contribution is 5.53. The van der Waals surface area contributed by atoms with Crippen molar-refractivity contribution < 1.29 is 0 Å². The smallest absolute Gasteiger partial charge is 0.0892 e. The summed E-state index contributed by atoms with van der Waals surface area (Å²) in [6.07, 6.45) is 2.79. The Balaban J connectivity index is 3.20. The van der Waals surface area contributed by atoms with Crippen molar-refractivity contribution in [2.24, 2.45) is 15.0 Å². The molecule has 0 aromatic rings. The van der Waals surface area contributed by atoms with Crippen LogP contribution in [0.3, 0.4) is 0 Å². The fourth-order valence-electron chi connectivity index (χ4n) is 0.541. The third-order valence-electron chi connectivity index (χ3n) is 1.04. The molecule has 0 aliphatic rings. The molecule has 0 N–H and O–H groups in total. The lowest BCUT2D eigenvalue weighted by atomic mass is 10.4. The number of hydrogen-bond donors (Lipinski definition) is 0. The topological polar surface area (TPSA) is 37.1 Å². The van der Waals surface area contributed by atoms with Crippen molar-refractivity contribution >= 4 is 12.2 Å². The zero-order valence-corrected chi connectivity index (χ0v) is 7.25. The van der Waals surface area contributed by atoms with Crippen molar-refractivity contribution in [2.75, 3.05) is 19.6 Å². The highest BCUT2D eigenvalue weighted by atomic mass is 14.8. The molecule has 0 unspecified atom stereocenters. The fraction of sp³-hybridized carbons (Fsp3) is 0.750. The van der Waals surface area contributed by atoms with Crippen LogP contribution in [-0.2, 0) is 0 Å². The van der Waals surface area contributed by atoms with E-state index < -0.39 is 0 Å². The summed E-state index contributed by atoms with van der Waals surface area (Å²) in [4.78, 5) is 11.8. The zero-order chi connectivity index (χ0) is 8.36. The molecule has 0 fully saturated rings. The lowest BCUT2D eigenvalue weighted by Crippen LogP contribution is -1.84. The molecule has 0 atom stereocenters. The van der Waals surface area contributed by atoms with Crippen LogP contribution in [0.2, 0.25) is 0 Å². The molecule has 0 aromatic carbocycles. The van der Waals surface area contributed by atoms with Crippen LogP contribution in [-0.4, -0.2) is 31.9 Å². The summed E-state index contributed by atoms with van der Waals surface area (Å²) in [5, 5.41) is 0. The van der Waals surface area contributed by atoms with Crippen molar-refractivity contribution in [3.63, 3.8) is 0 Å². The number of rotatable bonds is 5. The average molecular weight is 153 g/mol. The van der Waals surface area contributed by atoms with E-state index in [9.17, 15) is 0 Å². The average Bonchev–Trinajstić information content (AvgIpc) is 2.03. The van der Waals surface area contributed by atoms with Gasteiger partial charge < -0.3 is 0 Å². The molecular weight excluding hydrogens is 138 g/mol. The zero-order valence-electron chi connectivity index (χ0n) is 7.25. The van der Waals surface area contributed by atoms with Gasteiger partial charge in [0, 0.05) is 13.1 Å². The first-order valence-electron chi connectivity index (χ1n) is 3.94. The predicted molar refractivity (Wildman–Crippen MR) is 48.9 cm³/mol. The Bertz CT molecular complexity index is 155. The van der Waals surface area contributed by atoms with Crippen molar-refractivity contribution in [3.05, 3.63) is 0 Å². The van der Waals surface area contributed by atoms with Crippen LogP contribution in [0.25, 0.3) is 0 Å². The maximum absolute atomic E-state index is 4.05. The van der Waals surface area contributed by atoms with E-state index in [1.165, 1.54) is 0 Å². The Morgan fingerprint density at radius 2 is 2.09 bits per heavy atom. The Morgan fingerprint density at radius 1 is 1.27 bits per heavy atom. The van der Waals surface area contributed by atoms with Gasteiger partial charge in [0.25, 0.3) is 0 Å². The SMILES string of the molecule is CC=NCCCN=C=NCC. The van der Waals surface area contributed by atoms with Crippen LogP contribution >= 0.6 is 0 Å². The predicted octanol–water partition coefficient (Wildman–Crippen LogP) is 1.66. The second kappa shape index (κ2) is 9.05. The second-order valence-corrected chi connectivity index (χ2v) is 1.97. The normalized spacial score (nSPS) is 9.64. The number of hydrogen-bond acceptors (Lipinski definition) is 3. The Morgan fingerprint density at radius 3 is 2.73 bits per heavy atom. The lowest BCUT2D eigenvalue weighted by Gasteiger charge is -1.86. The number of aliphatic imine (C=N–C) groups is 3. The Kier molecular flexibility index (Phi) is 8.27. The van der Waals surface area contributed by atoms with Gasteiger partial charge in [-0.2, -0.15) is 0 Å². The molecule has 0 bridgehead atoms. The minimum absolute atomic E-state index is 0.761. The summed E-state index contributed by atoms with van der Waals surface area (Å²) < 4.78 is 0. The van der Waals surface area contributed by atoms with Crippen molar-refractivity contribution in [3.8, 4) is 0 Å². The summed E-state index contributed by atoms with van der Waals surface area (Å²) in [7, 11) is 0. The van der Waals surface area contributed by atoms with Gasteiger partial charge in [0.15, 0.2) is 0 Å². The Hall–Kier alpha value is -0.950. The first-order valence-corrected chi connectivity index (χ1v) is 3.94. The minimum atomic E-state index is 0.761.